The van der Waals surface area contributed by atoms with Crippen LogP contribution in [0.2, 0.25) is 0 Å². The number of rotatable bonds is 16. The van der Waals surface area contributed by atoms with Crippen LogP contribution in [0, 0.1) is 12.6 Å². The Balaban J connectivity index is 1.62. The van der Waals surface area contributed by atoms with Crippen molar-refractivity contribution in [3.63, 3.8) is 0 Å². The van der Waals surface area contributed by atoms with Crippen LogP contribution in [-0.4, -0.2) is 36.3 Å². The first-order chi connectivity index (χ1) is 27.2. The van der Waals surface area contributed by atoms with Crippen molar-refractivity contribution in [2.24, 2.45) is 5.41 Å². The summed E-state index contributed by atoms with van der Waals surface area (Å²) in [5.41, 5.74) is -0.565. The zero-order valence-corrected chi connectivity index (χ0v) is 39.6. The minimum Gasteiger partial charge on any atom is -0.456 e. The summed E-state index contributed by atoms with van der Waals surface area (Å²) < 4.78 is 31.3. The van der Waals surface area contributed by atoms with Crippen molar-refractivity contribution in [1.29, 1.82) is 0 Å². The molecule has 0 saturated heterocycles. The molecule has 1 aliphatic carbocycles. The fourth-order valence-corrected chi connectivity index (χ4v) is 9.39. The van der Waals surface area contributed by atoms with Crippen LogP contribution in [0.1, 0.15) is 129 Å². The third-order valence-corrected chi connectivity index (χ3v) is 13.0. The first-order valence-electron chi connectivity index (χ1n) is 19.7. The monoisotopic (exact) mass is 1020 g/mol. The van der Waals surface area contributed by atoms with Gasteiger partial charge in [-0.25, -0.2) is 14.4 Å². The van der Waals surface area contributed by atoms with E-state index < -0.39 is 52.9 Å². The number of esters is 4. The molecule has 58 heavy (non-hydrogen) atoms. The van der Waals surface area contributed by atoms with Crippen LogP contribution in [0.4, 0.5) is 0 Å². The van der Waals surface area contributed by atoms with E-state index in [0.29, 0.717) is 41.6 Å². The van der Waals surface area contributed by atoms with E-state index in [1.807, 2.05) is 88.4 Å². The summed E-state index contributed by atoms with van der Waals surface area (Å²) >= 11 is 4.14. The predicted octanol–water partition coefficient (Wildman–Crippen LogP) is 11.7. The maximum Gasteiger partial charge on any atom is 0.339 e. The highest BCUT2D eigenvalue weighted by atomic mass is 127. The Morgan fingerprint density at radius 3 is 1.67 bits per heavy atom. The highest BCUT2D eigenvalue weighted by Crippen LogP contribution is 2.43. The summed E-state index contributed by atoms with van der Waals surface area (Å²) in [5.74, 6) is -1.84. The first-order valence-corrected chi connectivity index (χ1v) is 21.9. The number of allylic oxidation sites excluding steroid dienone is 1. The molecule has 3 aromatic rings. The van der Waals surface area contributed by atoms with E-state index in [1.54, 1.807) is 53.7 Å². The number of ether oxygens (including phenoxy) is 5. The van der Waals surface area contributed by atoms with E-state index in [2.05, 4.69) is 45.2 Å². The summed E-state index contributed by atoms with van der Waals surface area (Å²) in [7, 11) is 0. The minimum atomic E-state index is -1.41. The predicted molar refractivity (Wildman–Crippen MR) is 241 cm³/mol. The molecule has 9 nitrogen and oxygen atoms in total. The molecule has 0 heterocycles. The number of hydrogen-bond donors (Lipinski definition) is 0. The van der Waals surface area contributed by atoms with Crippen molar-refractivity contribution in [1.82, 2.24) is 0 Å². The Morgan fingerprint density at radius 1 is 0.690 bits per heavy atom. The molecule has 0 aromatic heterocycles. The lowest BCUT2D eigenvalue weighted by Gasteiger charge is -2.33. The molecule has 1 unspecified atom stereocenters. The lowest BCUT2D eigenvalue weighted by atomic mass is 9.73. The smallest absolute Gasteiger partial charge is 0.339 e. The molecular weight excluding hydrogens is 962 g/mol. The Labute approximate surface area is 370 Å². The van der Waals surface area contributed by atoms with Crippen molar-refractivity contribution in [2.75, 3.05) is 6.79 Å². The van der Waals surface area contributed by atoms with Crippen LogP contribution in [0.5, 0.6) is 5.75 Å². The van der Waals surface area contributed by atoms with Gasteiger partial charge in [0, 0.05) is 11.1 Å². The van der Waals surface area contributed by atoms with Crippen LogP contribution in [-0.2, 0) is 44.5 Å². The van der Waals surface area contributed by atoms with E-state index in [9.17, 15) is 19.2 Å². The highest BCUT2D eigenvalue weighted by Gasteiger charge is 2.43. The second-order valence-electron chi connectivity index (χ2n) is 16.1. The van der Waals surface area contributed by atoms with Crippen LogP contribution in [0.25, 0.3) is 0 Å². The van der Waals surface area contributed by atoms with Gasteiger partial charge in [-0.3, -0.25) is 4.79 Å². The van der Waals surface area contributed by atoms with Gasteiger partial charge in [0.25, 0.3) is 0 Å². The quantitative estimate of drug-likeness (QED) is 0.0345. The molecule has 4 rings (SSSR count). The number of carbonyl (C=O) groups is 4. The van der Waals surface area contributed by atoms with E-state index >= 15 is 0 Å². The van der Waals surface area contributed by atoms with Crippen molar-refractivity contribution in [3.05, 3.63) is 119 Å². The lowest BCUT2D eigenvalue weighted by Crippen LogP contribution is -2.36. The van der Waals surface area contributed by atoms with Crippen molar-refractivity contribution >= 4 is 69.1 Å². The summed E-state index contributed by atoms with van der Waals surface area (Å²) in [6.45, 7) is 17.4. The van der Waals surface area contributed by atoms with Crippen molar-refractivity contribution < 1.29 is 42.9 Å². The lowest BCUT2D eigenvalue weighted by molar-refractivity contribution is -0.160. The molecular formula is C47H56I2O9. The Kier molecular flexibility index (Phi) is 15.8. The number of halogens is 2. The molecule has 0 N–H and O–H groups in total. The van der Waals surface area contributed by atoms with Gasteiger partial charge >= 0.3 is 23.9 Å². The minimum absolute atomic E-state index is 0.170. The molecule has 0 bridgehead atoms. The molecule has 0 aliphatic heterocycles. The molecule has 0 amide bonds. The SMILES string of the molecule is CCC1(OC(=O)/C(C)=C(C)/C(=C(/C)C(=O)OC(C)(C)c2ccccc2)C(C)(CC)C(=O)OCOc2c(I)cc(C(=O)OC(C)(C)c3ccccc3)cc2I)CCCC1. The maximum absolute atomic E-state index is 14.3. The van der Waals surface area contributed by atoms with Gasteiger partial charge in [0.2, 0.25) is 6.79 Å². The Bertz CT molecular complexity index is 2020. The molecule has 1 saturated carbocycles. The van der Waals surface area contributed by atoms with Crippen LogP contribution >= 0.6 is 45.2 Å². The number of hydrogen-bond acceptors (Lipinski definition) is 9. The summed E-state index contributed by atoms with van der Waals surface area (Å²) in [4.78, 5) is 55.5. The van der Waals surface area contributed by atoms with Gasteiger partial charge in [0.15, 0.2) is 0 Å². The fourth-order valence-electron chi connectivity index (χ4n) is 7.31. The van der Waals surface area contributed by atoms with E-state index in [1.165, 1.54) is 0 Å². The summed E-state index contributed by atoms with van der Waals surface area (Å²) in [6.07, 6.45) is 4.47. The topological polar surface area (TPSA) is 114 Å². The largest absolute Gasteiger partial charge is 0.456 e. The molecule has 0 radical (unpaired) electrons. The van der Waals surface area contributed by atoms with Gasteiger partial charge in [-0.2, -0.15) is 0 Å². The van der Waals surface area contributed by atoms with Crippen LogP contribution in [0.3, 0.4) is 0 Å². The molecule has 0 spiro atoms. The number of carbonyl (C=O) groups excluding carboxylic acids is 4. The highest BCUT2D eigenvalue weighted by molar-refractivity contribution is 14.1. The second kappa shape index (κ2) is 19.6. The van der Waals surface area contributed by atoms with Crippen LogP contribution < -0.4 is 4.74 Å². The average Bonchev–Trinajstić information content (AvgIpc) is 3.67. The Hall–Kier alpha value is -3.72. The molecule has 11 heteroatoms. The van der Waals surface area contributed by atoms with E-state index in [-0.39, 0.29) is 12.0 Å². The van der Waals surface area contributed by atoms with E-state index in [4.69, 9.17) is 23.7 Å². The zero-order valence-electron chi connectivity index (χ0n) is 35.3. The van der Waals surface area contributed by atoms with Crippen LogP contribution in [0.15, 0.2) is 95.1 Å². The van der Waals surface area contributed by atoms with Gasteiger partial charge in [-0.1, -0.05) is 74.5 Å². The molecule has 1 fully saturated rings. The van der Waals surface area contributed by atoms with Gasteiger partial charge < -0.3 is 23.7 Å². The molecule has 3 aromatic carbocycles. The van der Waals surface area contributed by atoms with E-state index in [0.717, 1.165) is 36.8 Å². The third-order valence-electron chi connectivity index (χ3n) is 11.4. The standard InChI is InChI=1S/C47H56I2O9/c1-11-46(10,43(53)55-29-54-39-36(48)27-33(28-37(39)49)42(52)57-45(8,9)35-23-17-14-18-24-35)38(30(3)31(4)40(50)58-47(12-2)25-19-20-26-47)32(5)41(51)56-44(6,7)34-21-15-13-16-22-34/h13-18,21-24,27-28H,11-12,19-20,25-26,29H2,1-10H3/b31-30+,38-32+. The summed E-state index contributed by atoms with van der Waals surface area (Å²) in [6, 6.07) is 22.2. The Morgan fingerprint density at radius 2 is 1.19 bits per heavy atom. The van der Waals surface area contributed by atoms with Crippen molar-refractivity contribution in [3.8, 4) is 5.75 Å². The van der Waals surface area contributed by atoms with Gasteiger partial charge in [-0.05, 0) is 174 Å². The van der Waals surface area contributed by atoms with Gasteiger partial charge in [0.1, 0.15) is 22.6 Å². The van der Waals surface area contributed by atoms with Crippen molar-refractivity contribution in [2.45, 2.75) is 125 Å². The second-order valence-corrected chi connectivity index (χ2v) is 18.4. The zero-order chi connectivity index (χ0) is 43.1. The first kappa shape index (κ1) is 47.0. The van der Waals surface area contributed by atoms with Gasteiger partial charge in [0.05, 0.1) is 18.1 Å². The molecule has 312 valence electrons. The summed E-state index contributed by atoms with van der Waals surface area (Å²) in [5, 5.41) is 0. The molecule has 1 aliphatic rings. The number of benzene rings is 3. The fraction of sp³-hybridized carbons (Fsp3) is 0.447. The van der Waals surface area contributed by atoms with Gasteiger partial charge in [-0.15, -0.1) is 0 Å². The average molecular weight is 1020 g/mol. The maximum atomic E-state index is 14.3. The third kappa shape index (κ3) is 10.9. The molecule has 1 atom stereocenters. The normalized spacial score (nSPS) is 15.9.